The van der Waals surface area contributed by atoms with Gasteiger partial charge in [-0.3, -0.25) is 9.59 Å². The van der Waals surface area contributed by atoms with E-state index in [1.54, 1.807) is 56.3 Å². The molecule has 3 aromatic rings. The molecule has 1 atom stereocenters. The molecule has 8 heteroatoms. The lowest BCUT2D eigenvalue weighted by molar-refractivity contribution is -0.269. The molecule has 1 amide bonds. The molecule has 2 aromatic carbocycles. The van der Waals surface area contributed by atoms with Gasteiger partial charge in [0.2, 0.25) is 12.2 Å². The van der Waals surface area contributed by atoms with Crippen molar-refractivity contribution >= 4 is 12.1 Å². The second-order valence-electron chi connectivity index (χ2n) is 7.63. The Labute approximate surface area is 172 Å². The number of benzene rings is 2. The molecule has 1 unspecified atom stereocenters. The third-order valence-corrected chi connectivity index (χ3v) is 5.32. The van der Waals surface area contributed by atoms with E-state index in [0.29, 0.717) is 29.1 Å². The minimum Gasteiger partial charge on any atom is -0.482 e. The topological polar surface area (TPSA) is 114 Å². The molecule has 0 saturated carbocycles. The van der Waals surface area contributed by atoms with Crippen molar-refractivity contribution in [2.24, 2.45) is 0 Å². The van der Waals surface area contributed by atoms with Crippen LogP contribution in [0.1, 0.15) is 31.0 Å². The molecule has 0 fully saturated rings. The summed E-state index contributed by atoms with van der Waals surface area (Å²) in [6.07, 6.45) is 0.531. The molecule has 1 aromatic heterocycles. The Kier molecular flexibility index (Phi) is 4.68. The molecular formula is C22H21N3O5. The van der Waals surface area contributed by atoms with Crippen LogP contribution in [0.25, 0.3) is 5.69 Å². The predicted octanol–water partition coefficient (Wildman–Crippen LogP) is 1.78. The molecule has 3 N–H and O–H groups in total. The normalized spacial score (nSPS) is 18.7. The fourth-order valence-electron chi connectivity index (χ4n) is 3.64. The minimum absolute atomic E-state index is 0.268. The van der Waals surface area contributed by atoms with Crippen molar-refractivity contribution in [3.05, 3.63) is 82.3 Å². The van der Waals surface area contributed by atoms with Gasteiger partial charge in [0.05, 0.1) is 17.3 Å². The van der Waals surface area contributed by atoms with Crippen LogP contribution in [0, 0.1) is 0 Å². The van der Waals surface area contributed by atoms with Gasteiger partial charge in [0, 0.05) is 17.3 Å². The zero-order valence-corrected chi connectivity index (χ0v) is 16.4. The Morgan fingerprint density at radius 2 is 1.83 bits per heavy atom. The van der Waals surface area contributed by atoms with E-state index in [2.05, 4.69) is 10.4 Å². The SMILES string of the molecule is CC1(C)Oc2ccc(NC=O)cc2C(c2ccc(=O)n(-c3ccccc3)n2)C1(O)O. The molecule has 1 aliphatic heterocycles. The highest BCUT2D eigenvalue weighted by atomic mass is 16.6. The van der Waals surface area contributed by atoms with Crippen molar-refractivity contribution in [1.29, 1.82) is 0 Å². The quantitative estimate of drug-likeness (QED) is 0.449. The highest BCUT2D eigenvalue weighted by Crippen LogP contribution is 2.49. The van der Waals surface area contributed by atoms with Gasteiger partial charge in [-0.05, 0) is 50.2 Å². The second-order valence-corrected chi connectivity index (χ2v) is 7.63. The number of amides is 1. The smallest absolute Gasteiger partial charge is 0.271 e. The number of carbonyl (C=O) groups excluding carboxylic acids is 1. The van der Waals surface area contributed by atoms with E-state index in [-0.39, 0.29) is 11.3 Å². The van der Waals surface area contributed by atoms with Crippen LogP contribution in [0.2, 0.25) is 0 Å². The number of ether oxygens (including phenoxy) is 1. The zero-order chi connectivity index (χ0) is 21.5. The Bertz CT molecular complexity index is 1150. The summed E-state index contributed by atoms with van der Waals surface area (Å²) in [6.45, 7) is 3.13. The van der Waals surface area contributed by atoms with Gasteiger partial charge in [0.1, 0.15) is 5.75 Å². The zero-order valence-electron chi connectivity index (χ0n) is 16.4. The predicted molar refractivity (Wildman–Crippen MR) is 110 cm³/mol. The molecule has 2 heterocycles. The number of nitrogens with zero attached hydrogens (tertiary/aromatic N) is 2. The average molecular weight is 407 g/mol. The molecule has 30 heavy (non-hydrogen) atoms. The van der Waals surface area contributed by atoms with Crippen LogP contribution < -0.4 is 15.6 Å². The van der Waals surface area contributed by atoms with E-state index in [9.17, 15) is 19.8 Å². The number of para-hydroxylation sites is 1. The summed E-state index contributed by atoms with van der Waals surface area (Å²) in [6, 6.07) is 16.6. The Morgan fingerprint density at radius 3 is 2.53 bits per heavy atom. The first kappa shape index (κ1) is 19.8. The van der Waals surface area contributed by atoms with Gasteiger partial charge in [-0.25, -0.2) is 0 Å². The number of hydrogen-bond acceptors (Lipinski definition) is 6. The van der Waals surface area contributed by atoms with E-state index in [1.165, 1.54) is 16.8 Å². The van der Waals surface area contributed by atoms with Crippen molar-refractivity contribution in [2.45, 2.75) is 31.2 Å². The van der Waals surface area contributed by atoms with Crippen LogP contribution >= 0.6 is 0 Å². The Hall–Kier alpha value is -3.49. The van der Waals surface area contributed by atoms with Gasteiger partial charge in [0.15, 0.2) is 5.60 Å². The first-order valence-corrected chi connectivity index (χ1v) is 9.38. The van der Waals surface area contributed by atoms with Crippen LogP contribution in [0.4, 0.5) is 5.69 Å². The van der Waals surface area contributed by atoms with Crippen LogP contribution in [-0.4, -0.2) is 37.8 Å². The van der Waals surface area contributed by atoms with Crippen molar-refractivity contribution in [2.75, 3.05) is 5.32 Å². The molecule has 154 valence electrons. The molecule has 4 rings (SSSR count). The largest absolute Gasteiger partial charge is 0.482 e. The van der Waals surface area contributed by atoms with E-state index < -0.39 is 17.3 Å². The molecule has 1 aliphatic rings. The summed E-state index contributed by atoms with van der Waals surface area (Å²) >= 11 is 0. The number of anilines is 1. The average Bonchev–Trinajstić information content (AvgIpc) is 2.71. The van der Waals surface area contributed by atoms with Crippen LogP contribution in [0.3, 0.4) is 0 Å². The van der Waals surface area contributed by atoms with Gasteiger partial charge in [-0.15, -0.1) is 0 Å². The van der Waals surface area contributed by atoms with Crippen molar-refractivity contribution in [3.8, 4) is 11.4 Å². The number of aromatic nitrogens is 2. The first-order chi connectivity index (χ1) is 14.2. The summed E-state index contributed by atoms with van der Waals surface area (Å²) in [4.78, 5) is 23.3. The lowest BCUT2D eigenvalue weighted by atomic mass is 9.76. The third kappa shape index (κ3) is 3.16. The maximum atomic E-state index is 12.4. The van der Waals surface area contributed by atoms with Gasteiger partial charge in [-0.2, -0.15) is 9.78 Å². The van der Waals surface area contributed by atoms with E-state index in [1.807, 2.05) is 6.07 Å². The monoisotopic (exact) mass is 407 g/mol. The molecule has 8 nitrogen and oxygen atoms in total. The molecule has 0 saturated heterocycles. The first-order valence-electron chi connectivity index (χ1n) is 9.38. The van der Waals surface area contributed by atoms with Crippen molar-refractivity contribution < 1.29 is 19.7 Å². The third-order valence-electron chi connectivity index (χ3n) is 5.32. The summed E-state index contributed by atoms with van der Waals surface area (Å²) in [5.74, 6) is -2.97. The molecule has 0 aliphatic carbocycles. The molecule has 0 radical (unpaired) electrons. The number of hydrogen-bond donors (Lipinski definition) is 3. The lowest BCUT2D eigenvalue weighted by Gasteiger charge is -2.47. The summed E-state index contributed by atoms with van der Waals surface area (Å²) in [5, 5.41) is 29.2. The number of aliphatic hydroxyl groups is 2. The van der Waals surface area contributed by atoms with Gasteiger partial charge < -0.3 is 20.3 Å². The highest BCUT2D eigenvalue weighted by Gasteiger charge is 2.56. The van der Waals surface area contributed by atoms with E-state index in [0.717, 1.165) is 0 Å². The van der Waals surface area contributed by atoms with E-state index >= 15 is 0 Å². The Morgan fingerprint density at radius 1 is 1.10 bits per heavy atom. The van der Waals surface area contributed by atoms with E-state index in [4.69, 9.17) is 4.74 Å². The number of nitrogens with one attached hydrogen (secondary N) is 1. The Balaban J connectivity index is 1.94. The maximum absolute atomic E-state index is 12.4. The molecule has 0 spiro atoms. The van der Waals surface area contributed by atoms with Crippen LogP contribution in [-0.2, 0) is 4.79 Å². The fraction of sp³-hybridized carbons (Fsp3) is 0.227. The number of fused-ring (bicyclic) bond motifs is 1. The van der Waals surface area contributed by atoms with Crippen molar-refractivity contribution in [3.63, 3.8) is 0 Å². The second kappa shape index (κ2) is 7.08. The molecule has 0 bridgehead atoms. The van der Waals surface area contributed by atoms with Gasteiger partial charge in [0.25, 0.3) is 5.56 Å². The summed E-state index contributed by atoms with van der Waals surface area (Å²) in [5.41, 5.74) is -0.0202. The molecular weight excluding hydrogens is 386 g/mol. The van der Waals surface area contributed by atoms with Gasteiger partial charge in [-0.1, -0.05) is 18.2 Å². The number of carbonyl (C=O) groups is 1. The minimum atomic E-state index is -2.36. The summed E-state index contributed by atoms with van der Waals surface area (Å²) in [7, 11) is 0. The van der Waals surface area contributed by atoms with Crippen LogP contribution in [0.5, 0.6) is 5.75 Å². The highest BCUT2D eigenvalue weighted by molar-refractivity contribution is 5.72. The van der Waals surface area contributed by atoms with Crippen LogP contribution in [0.15, 0.2) is 65.5 Å². The maximum Gasteiger partial charge on any atom is 0.271 e. The van der Waals surface area contributed by atoms with Gasteiger partial charge >= 0.3 is 0 Å². The standard InChI is InChI=1S/C22H21N3O5/c1-21(2)22(28,29)20(16-12-14(23-13-26)8-10-18(16)30-21)17-9-11-19(27)25(24-17)15-6-4-3-5-7-15/h3-13,20,28-29H,1-2H3,(H,23,26). The summed E-state index contributed by atoms with van der Waals surface area (Å²) < 4.78 is 7.06. The van der Waals surface area contributed by atoms with Crippen molar-refractivity contribution in [1.82, 2.24) is 9.78 Å². The fourth-order valence-corrected chi connectivity index (χ4v) is 3.64. The lowest BCUT2D eigenvalue weighted by Crippen LogP contribution is -2.60. The number of rotatable bonds is 4.